The summed E-state index contributed by atoms with van der Waals surface area (Å²) in [5, 5.41) is 7.75. The van der Waals surface area contributed by atoms with Crippen molar-refractivity contribution < 1.29 is 9.53 Å². The van der Waals surface area contributed by atoms with Crippen molar-refractivity contribution in [3.8, 4) is 5.75 Å². The molecule has 3 heterocycles. The number of nitrogens with one attached hydrogen (secondary N) is 2. The maximum Gasteiger partial charge on any atom is 0.220 e. The van der Waals surface area contributed by atoms with Crippen LogP contribution in [0.4, 0.5) is 0 Å². The summed E-state index contributed by atoms with van der Waals surface area (Å²) in [6.07, 6.45) is 8.12. The first-order valence-electron chi connectivity index (χ1n) is 9.77. The third-order valence-electron chi connectivity index (χ3n) is 5.54. The van der Waals surface area contributed by atoms with Gasteiger partial charge in [-0.3, -0.25) is 9.78 Å². The number of amides is 1. The standard InChI is InChI=1S/C21H27N3O2/c25-20(14-15-12-17-7-8-18(13-15)24-17)22-10-3-11-26-19-6-1-4-16-5-2-9-23-21(16)19/h1-2,4-6,9,15,17-18,24H,3,7-8,10-14H2,(H,22,25). The summed E-state index contributed by atoms with van der Waals surface area (Å²) in [5.74, 6) is 1.54. The molecule has 1 amide bonds. The monoisotopic (exact) mass is 353 g/mol. The molecular formula is C21H27N3O2. The Morgan fingerprint density at radius 2 is 2.00 bits per heavy atom. The first kappa shape index (κ1) is 17.3. The zero-order valence-corrected chi connectivity index (χ0v) is 15.1. The number of hydrogen-bond donors (Lipinski definition) is 2. The Morgan fingerprint density at radius 1 is 1.19 bits per heavy atom. The fourth-order valence-corrected chi connectivity index (χ4v) is 4.35. The van der Waals surface area contributed by atoms with Crippen molar-refractivity contribution in [2.24, 2.45) is 5.92 Å². The molecule has 0 radical (unpaired) electrons. The van der Waals surface area contributed by atoms with Gasteiger partial charge in [-0.15, -0.1) is 0 Å². The molecule has 2 aliphatic heterocycles. The van der Waals surface area contributed by atoms with E-state index in [1.807, 2.05) is 30.3 Å². The summed E-state index contributed by atoms with van der Waals surface area (Å²) < 4.78 is 5.87. The molecule has 2 saturated heterocycles. The fraction of sp³-hybridized carbons (Fsp3) is 0.524. The molecular weight excluding hydrogens is 326 g/mol. The van der Waals surface area contributed by atoms with Gasteiger partial charge in [0.15, 0.2) is 0 Å². The zero-order valence-electron chi connectivity index (χ0n) is 15.1. The summed E-state index contributed by atoms with van der Waals surface area (Å²) in [6, 6.07) is 11.2. The Balaban J connectivity index is 1.16. The molecule has 0 spiro atoms. The summed E-state index contributed by atoms with van der Waals surface area (Å²) >= 11 is 0. The van der Waals surface area contributed by atoms with Gasteiger partial charge < -0.3 is 15.4 Å². The third-order valence-corrected chi connectivity index (χ3v) is 5.54. The molecule has 0 saturated carbocycles. The molecule has 2 atom stereocenters. The van der Waals surface area contributed by atoms with Gasteiger partial charge in [0.25, 0.3) is 0 Å². The van der Waals surface area contributed by atoms with E-state index in [2.05, 4.69) is 15.6 Å². The molecule has 2 bridgehead atoms. The minimum absolute atomic E-state index is 0.183. The molecule has 1 aromatic carbocycles. The first-order chi connectivity index (χ1) is 12.8. The van der Waals surface area contributed by atoms with Crippen molar-refractivity contribution in [1.82, 2.24) is 15.6 Å². The summed E-state index contributed by atoms with van der Waals surface area (Å²) in [7, 11) is 0. The normalized spacial score (nSPS) is 24.5. The van der Waals surface area contributed by atoms with E-state index in [1.54, 1.807) is 6.20 Å². The number of ether oxygens (including phenoxy) is 1. The number of carbonyl (C=O) groups is 1. The van der Waals surface area contributed by atoms with E-state index < -0.39 is 0 Å². The minimum atomic E-state index is 0.183. The number of para-hydroxylation sites is 1. The predicted molar refractivity (Wildman–Crippen MR) is 102 cm³/mol. The van der Waals surface area contributed by atoms with Crippen LogP contribution in [0.2, 0.25) is 0 Å². The Kier molecular flexibility index (Phi) is 5.34. The number of pyridine rings is 1. The number of carbonyl (C=O) groups excluding carboxylic acids is 1. The Hall–Kier alpha value is -2.14. The molecule has 1 aromatic heterocycles. The number of nitrogens with zero attached hydrogens (tertiary/aromatic N) is 1. The molecule has 2 aromatic rings. The van der Waals surface area contributed by atoms with Crippen LogP contribution >= 0.6 is 0 Å². The molecule has 2 unspecified atom stereocenters. The number of fused-ring (bicyclic) bond motifs is 3. The van der Waals surface area contributed by atoms with Crippen LogP contribution in [0.3, 0.4) is 0 Å². The van der Waals surface area contributed by atoms with Gasteiger partial charge in [0.2, 0.25) is 5.91 Å². The molecule has 2 fully saturated rings. The van der Waals surface area contributed by atoms with E-state index >= 15 is 0 Å². The lowest BCUT2D eigenvalue weighted by Crippen LogP contribution is -2.39. The average Bonchev–Trinajstić information content (AvgIpc) is 3.00. The summed E-state index contributed by atoms with van der Waals surface area (Å²) in [5.41, 5.74) is 0.888. The van der Waals surface area contributed by atoms with Gasteiger partial charge in [-0.25, -0.2) is 0 Å². The highest BCUT2D eigenvalue weighted by molar-refractivity contribution is 5.84. The van der Waals surface area contributed by atoms with Gasteiger partial charge >= 0.3 is 0 Å². The lowest BCUT2D eigenvalue weighted by Gasteiger charge is -2.28. The number of piperidine rings is 1. The molecule has 2 aliphatic rings. The van der Waals surface area contributed by atoms with Crippen LogP contribution in [-0.2, 0) is 4.79 Å². The fourth-order valence-electron chi connectivity index (χ4n) is 4.35. The topological polar surface area (TPSA) is 63.2 Å². The number of rotatable bonds is 7. The van der Waals surface area contributed by atoms with E-state index in [-0.39, 0.29) is 5.91 Å². The van der Waals surface area contributed by atoms with Gasteiger partial charge in [-0.05, 0) is 50.2 Å². The Labute approximate surface area is 154 Å². The van der Waals surface area contributed by atoms with Crippen molar-refractivity contribution in [3.05, 3.63) is 36.5 Å². The van der Waals surface area contributed by atoms with Crippen LogP contribution < -0.4 is 15.4 Å². The van der Waals surface area contributed by atoms with Crippen LogP contribution in [0.1, 0.15) is 38.5 Å². The quantitative estimate of drug-likeness (QED) is 0.751. The Bertz CT molecular complexity index is 747. The van der Waals surface area contributed by atoms with E-state index in [4.69, 9.17) is 4.74 Å². The Morgan fingerprint density at radius 3 is 2.85 bits per heavy atom. The highest BCUT2D eigenvalue weighted by Crippen LogP contribution is 2.32. The van der Waals surface area contributed by atoms with E-state index in [0.717, 1.165) is 35.9 Å². The van der Waals surface area contributed by atoms with E-state index in [0.29, 0.717) is 37.6 Å². The molecule has 2 N–H and O–H groups in total. The van der Waals surface area contributed by atoms with Crippen molar-refractivity contribution in [2.45, 2.75) is 50.6 Å². The average molecular weight is 353 g/mol. The largest absolute Gasteiger partial charge is 0.491 e. The van der Waals surface area contributed by atoms with Gasteiger partial charge in [0.05, 0.1) is 6.61 Å². The van der Waals surface area contributed by atoms with Crippen molar-refractivity contribution in [2.75, 3.05) is 13.2 Å². The second-order valence-corrected chi connectivity index (χ2v) is 7.56. The van der Waals surface area contributed by atoms with Crippen LogP contribution in [0.15, 0.2) is 36.5 Å². The highest BCUT2D eigenvalue weighted by Gasteiger charge is 2.34. The first-order valence-corrected chi connectivity index (χ1v) is 9.77. The van der Waals surface area contributed by atoms with E-state index in [1.165, 1.54) is 12.8 Å². The van der Waals surface area contributed by atoms with Crippen molar-refractivity contribution in [1.29, 1.82) is 0 Å². The van der Waals surface area contributed by atoms with E-state index in [9.17, 15) is 4.79 Å². The lowest BCUT2D eigenvalue weighted by atomic mass is 9.89. The lowest BCUT2D eigenvalue weighted by molar-refractivity contribution is -0.122. The zero-order chi connectivity index (χ0) is 17.8. The van der Waals surface area contributed by atoms with Gasteiger partial charge in [0, 0.05) is 36.6 Å². The SMILES string of the molecule is O=C(CC1CC2CCC(C1)N2)NCCCOc1cccc2cccnc12. The van der Waals surface area contributed by atoms with Crippen LogP contribution in [-0.4, -0.2) is 36.1 Å². The molecule has 138 valence electrons. The van der Waals surface area contributed by atoms with Gasteiger partial charge in [0.1, 0.15) is 11.3 Å². The molecule has 0 aliphatic carbocycles. The van der Waals surface area contributed by atoms with Gasteiger partial charge in [-0.1, -0.05) is 18.2 Å². The second kappa shape index (κ2) is 8.04. The van der Waals surface area contributed by atoms with Gasteiger partial charge in [-0.2, -0.15) is 0 Å². The molecule has 4 rings (SSSR count). The maximum atomic E-state index is 12.2. The van der Waals surface area contributed by atoms with Crippen LogP contribution in [0.25, 0.3) is 10.9 Å². The highest BCUT2D eigenvalue weighted by atomic mass is 16.5. The number of benzene rings is 1. The van der Waals surface area contributed by atoms with Crippen molar-refractivity contribution >= 4 is 16.8 Å². The molecule has 5 heteroatoms. The third kappa shape index (κ3) is 4.15. The summed E-state index contributed by atoms with van der Waals surface area (Å²) in [4.78, 5) is 16.6. The predicted octanol–water partition coefficient (Wildman–Crippen LogP) is 3.04. The smallest absolute Gasteiger partial charge is 0.220 e. The number of aromatic nitrogens is 1. The molecule has 26 heavy (non-hydrogen) atoms. The summed E-state index contributed by atoms with van der Waals surface area (Å²) in [6.45, 7) is 1.24. The molecule has 5 nitrogen and oxygen atoms in total. The number of hydrogen-bond acceptors (Lipinski definition) is 4. The maximum absolute atomic E-state index is 12.2. The minimum Gasteiger partial charge on any atom is -0.491 e. The second-order valence-electron chi connectivity index (χ2n) is 7.56. The van der Waals surface area contributed by atoms with Crippen LogP contribution in [0, 0.1) is 5.92 Å². The van der Waals surface area contributed by atoms with Crippen molar-refractivity contribution in [3.63, 3.8) is 0 Å². The van der Waals surface area contributed by atoms with Crippen LogP contribution in [0.5, 0.6) is 5.75 Å².